The monoisotopic (exact) mass is 495 g/mol. The van der Waals surface area contributed by atoms with Gasteiger partial charge in [0.25, 0.3) is 6.01 Å². The molecule has 0 saturated heterocycles. The first-order chi connectivity index (χ1) is 17.5. The van der Waals surface area contributed by atoms with E-state index >= 15 is 0 Å². The number of halogens is 1. The Labute approximate surface area is 212 Å². The summed E-state index contributed by atoms with van der Waals surface area (Å²) in [5.41, 5.74) is 6.22. The number of ether oxygens (including phenoxy) is 1. The van der Waals surface area contributed by atoms with Crippen LogP contribution in [0.3, 0.4) is 0 Å². The molecular weight excluding hydrogens is 474 g/mol. The molecule has 0 bridgehead atoms. The Bertz CT molecular complexity index is 1690. The van der Waals surface area contributed by atoms with Gasteiger partial charge in [-0.05, 0) is 53.9 Å². The minimum absolute atomic E-state index is 0.382. The van der Waals surface area contributed by atoms with Gasteiger partial charge in [0.1, 0.15) is 23.2 Å². The van der Waals surface area contributed by atoms with Crippen LogP contribution in [0.1, 0.15) is 25.3 Å². The SMILES string of the molecule is CC(C)c1ccccc1-c1cc2c(Oc3ccc4oc(Nc5ccc(Cl)cc5)nc4c3)ncnc2[nH]1. The van der Waals surface area contributed by atoms with Gasteiger partial charge in [0.15, 0.2) is 5.58 Å². The summed E-state index contributed by atoms with van der Waals surface area (Å²) < 4.78 is 12.0. The maximum Gasteiger partial charge on any atom is 0.300 e. The zero-order valence-electron chi connectivity index (χ0n) is 19.6. The van der Waals surface area contributed by atoms with Crippen LogP contribution >= 0.6 is 11.6 Å². The van der Waals surface area contributed by atoms with Crippen LogP contribution in [0.2, 0.25) is 5.02 Å². The molecule has 0 atom stereocenters. The highest BCUT2D eigenvalue weighted by Gasteiger charge is 2.15. The van der Waals surface area contributed by atoms with Crippen LogP contribution < -0.4 is 10.1 Å². The summed E-state index contributed by atoms with van der Waals surface area (Å²) in [6.07, 6.45) is 1.50. The molecule has 3 aromatic carbocycles. The number of benzene rings is 3. The standard InChI is InChI=1S/C28H22ClN5O2/c1-16(2)20-5-3-4-6-21(20)23-14-22-26(33-23)30-15-31-27(22)35-19-11-12-25-24(13-19)34-28(36-25)32-18-9-7-17(29)8-10-18/h3-16H,1-2H3,(H,32,34)(H,30,31,33). The van der Waals surface area contributed by atoms with Gasteiger partial charge in [-0.15, -0.1) is 0 Å². The third-order valence-electron chi connectivity index (χ3n) is 5.93. The molecule has 7 nitrogen and oxygen atoms in total. The van der Waals surface area contributed by atoms with Crippen LogP contribution in [0.4, 0.5) is 11.7 Å². The molecule has 0 amide bonds. The minimum atomic E-state index is 0.382. The van der Waals surface area contributed by atoms with Crippen LogP contribution in [0.15, 0.2) is 83.5 Å². The van der Waals surface area contributed by atoms with Crippen LogP contribution in [-0.4, -0.2) is 19.9 Å². The fourth-order valence-corrected chi connectivity index (χ4v) is 4.31. The normalized spacial score (nSPS) is 11.4. The predicted molar refractivity (Wildman–Crippen MR) is 142 cm³/mol. The van der Waals surface area contributed by atoms with Crippen molar-refractivity contribution in [1.82, 2.24) is 19.9 Å². The van der Waals surface area contributed by atoms with Crippen molar-refractivity contribution in [2.45, 2.75) is 19.8 Å². The van der Waals surface area contributed by atoms with E-state index in [2.05, 4.69) is 57.3 Å². The molecule has 178 valence electrons. The number of hydrogen-bond acceptors (Lipinski definition) is 6. The lowest BCUT2D eigenvalue weighted by Gasteiger charge is -2.10. The van der Waals surface area contributed by atoms with Crippen molar-refractivity contribution in [3.05, 3.63) is 89.7 Å². The lowest BCUT2D eigenvalue weighted by atomic mass is 9.95. The molecule has 6 rings (SSSR count). The first kappa shape index (κ1) is 22.1. The average molecular weight is 496 g/mol. The van der Waals surface area contributed by atoms with E-state index in [9.17, 15) is 0 Å². The fraction of sp³-hybridized carbons (Fsp3) is 0.107. The van der Waals surface area contributed by atoms with Gasteiger partial charge in [-0.2, -0.15) is 4.98 Å². The second kappa shape index (κ2) is 9.02. The Morgan fingerprint density at radius 2 is 1.81 bits per heavy atom. The highest BCUT2D eigenvalue weighted by atomic mass is 35.5. The van der Waals surface area contributed by atoms with E-state index in [1.165, 1.54) is 11.9 Å². The molecule has 36 heavy (non-hydrogen) atoms. The number of oxazole rings is 1. The van der Waals surface area contributed by atoms with Crippen molar-refractivity contribution in [3.8, 4) is 22.9 Å². The molecule has 0 fully saturated rings. The van der Waals surface area contributed by atoms with Crippen LogP contribution in [0, 0.1) is 0 Å². The largest absolute Gasteiger partial charge is 0.438 e. The summed E-state index contributed by atoms with van der Waals surface area (Å²) >= 11 is 5.96. The van der Waals surface area contributed by atoms with Gasteiger partial charge in [0, 0.05) is 28.0 Å². The molecule has 3 aromatic heterocycles. The fourth-order valence-electron chi connectivity index (χ4n) is 4.18. The summed E-state index contributed by atoms with van der Waals surface area (Å²) in [5, 5.41) is 4.61. The number of nitrogens with one attached hydrogen (secondary N) is 2. The summed E-state index contributed by atoms with van der Waals surface area (Å²) in [6.45, 7) is 4.37. The first-order valence-electron chi connectivity index (χ1n) is 11.6. The zero-order valence-corrected chi connectivity index (χ0v) is 20.4. The number of aromatic amines is 1. The van der Waals surface area contributed by atoms with Crippen LogP contribution in [0.5, 0.6) is 11.6 Å². The lowest BCUT2D eigenvalue weighted by molar-refractivity contribution is 0.468. The van der Waals surface area contributed by atoms with E-state index in [4.69, 9.17) is 20.8 Å². The maximum absolute atomic E-state index is 6.18. The molecule has 0 unspecified atom stereocenters. The number of anilines is 2. The molecular formula is C28H22ClN5O2. The predicted octanol–water partition coefficient (Wildman–Crippen LogP) is 8.08. The highest BCUT2D eigenvalue weighted by Crippen LogP contribution is 2.35. The number of rotatable bonds is 6. The van der Waals surface area contributed by atoms with E-state index in [-0.39, 0.29) is 0 Å². The number of fused-ring (bicyclic) bond motifs is 2. The Morgan fingerprint density at radius 1 is 0.972 bits per heavy atom. The Kier molecular flexibility index (Phi) is 5.54. The average Bonchev–Trinajstić information content (AvgIpc) is 3.49. The number of H-pyrrole nitrogens is 1. The zero-order chi connectivity index (χ0) is 24.6. The smallest absolute Gasteiger partial charge is 0.300 e. The summed E-state index contributed by atoms with van der Waals surface area (Å²) in [4.78, 5) is 16.8. The topological polar surface area (TPSA) is 88.9 Å². The van der Waals surface area contributed by atoms with E-state index in [1.807, 2.05) is 42.5 Å². The van der Waals surface area contributed by atoms with Gasteiger partial charge in [-0.25, -0.2) is 9.97 Å². The first-order valence-corrected chi connectivity index (χ1v) is 12.0. The van der Waals surface area contributed by atoms with Crippen molar-refractivity contribution in [2.24, 2.45) is 0 Å². The Morgan fingerprint density at radius 3 is 2.64 bits per heavy atom. The van der Waals surface area contributed by atoms with Crippen molar-refractivity contribution < 1.29 is 9.15 Å². The lowest BCUT2D eigenvalue weighted by Crippen LogP contribution is -1.91. The van der Waals surface area contributed by atoms with Gasteiger partial charge in [0.05, 0.1) is 5.39 Å². The number of aromatic nitrogens is 4. The molecule has 2 N–H and O–H groups in total. The van der Waals surface area contributed by atoms with Gasteiger partial charge in [-0.3, -0.25) is 0 Å². The molecule has 0 aliphatic rings. The third-order valence-corrected chi connectivity index (χ3v) is 6.18. The molecule has 6 aromatic rings. The molecule has 0 aliphatic heterocycles. The number of nitrogens with zero attached hydrogens (tertiary/aromatic N) is 3. The Hall–Kier alpha value is -4.36. The van der Waals surface area contributed by atoms with Gasteiger partial charge in [0.2, 0.25) is 5.88 Å². The van der Waals surface area contributed by atoms with Crippen molar-refractivity contribution in [3.63, 3.8) is 0 Å². The van der Waals surface area contributed by atoms with Gasteiger partial charge in [-0.1, -0.05) is 49.7 Å². The van der Waals surface area contributed by atoms with Crippen molar-refractivity contribution in [2.75, 3.05) is 5.32 Å². The quantitative estimate of drug-likeness (QED) is 0.243. The molecule has 0 radical (unpaired) electrons. The third kappa shape index (κ3) is 4.25. The summed E-state index contributed by atoms with van der Waals surface area (Å²) in [5.74, 6) is 1.45. The van der Waals surface area contributed by atoms with E-state index in [1.54, 1.807) is 12.1 Å². The molecule has 3 heterocycles. The van der Waals surface area contributed by atoms with E-state index in [0.29, 0.717) is 45.3 Å². The van der Waals surface area contributed by atoms with E-state index in [0.717, 1.165) is 22.3 Å². The second-order valence-electron chi connectivity index (χ2n) is 8.75. The highest BCUT2D eigenvalue weighted by molar-refractivity contribution is 6.30. The molecule has 0 spiro atoms. The van der Waals surface area contributed by atoms with E-state index < -0.39 is 0 Å². The van der Waals surface area contributed by atoms with Crippen LogP contribution in [0.25, 0.3) is 33.4 Å². The number of hydrogen-bond donors (Lipinski definition) is 2. The molecule has 0 aliphatic carbocycles. The maximum atomic E-state index is 6.18. The Balaban J connectivity index is 1.30. The second-order valence-corrected chi connectivity index (χ2v) is 9.19. The van der Waals surface area contributed by atoms with Crippen LogP contribution in [-0.2, 0) is 0 Å². The van der Waals surface area contributed by atoms with Gasteiger partial charge >= 0.3 is 0 Å². The summed E-state index contributed by atoms with van der Waals surface area (Å²) in [7, 11) is 0. The molecule has 8 heteroatoms. The summed E-state index contributed by atoms with van der Waals surface area (Å²) in [6, 6.07) is 23.6. The van der Waals surface area contributed by atoms with Crippen molar-refractivity contribution >= 4 is 45.4 Å². The molecule has 0 saturated carbocycles. The van der Waals surface area contributed by atoms with Gasteiger partial charge < -0.3 is 19.5 Å². The minimum Gasteiger partial charge on any atom is -0.438 e. The van der Waals surface area contributed by atoms with Crippen molar-refractivity contribution in [1.29, 1.82) is 0 Å².